The summed E-state index contributed by atoms with van der Waals surface area (Å²) < 4.78 is 7.02. The van der Waals surface area contributed by atoms with Gasteiger partial charge in [0.15, 0.2) is 5.13 Å². The summed E-state index contributed by atoms with van der Waals surface area (Å²) in [7, 11) is 1.68. The van der Waals surface area contributed by atoms with Crippen LogP contribution in [0, 0.1) is 5.53 Å². The van der Waals surface area contributed by atoms with Gasteiger partial charge in [0.1, 0.15) is 0 Å². The third-order valence-corrected chi connectivity index (χ3v) is 7.27. The van der Waals surface area contributed by atoms with Gasteiger partial charge in [0.25, 0.3) is 0 Å². The Balaban J connectivity index is 1.29. The van der Waals surface area contributed by atoms with Gasteiger partial charge in [0.05, 0.1) is 24.2 Å². The zero-order chi connectivity index (χ0) is 24.7. The van der Waals surface area contributed by atoms with Crippen molar-refractivity contribution < 1.29 is 4.74 Å². The number of nitrogens with zero attached hydrogens (tertiary/aromatic N) is 5. The minimum absolute atomic E-state index is 0.591. The molecule has 36 heavy (non-hydrogen) atoms. The maximum atomic E-state index is 7.28. The molecule has 0 amide bonds. The topological polar surface area (TPSA) is 91.4 Å². The van der Waals surface area contributed by atoms with Crippen molar-refractivity contribution in [1.29, 1.82) is 5.53 Å². The molecule has 0 saturated carbocycles. The van der Waals surface area contributed by atoms with Crippen LogP contribution in [0.15, 0.2) is 78.4 Å². The molecule has 2 aromatic heterocycles. The summed E-state index contributed by atoms with van der Waals surface area (Å²) in [6, 6.07) is 16.9. The van der Waals surface area contributed by atoms with E-state index in [2.05, 4.69) is 62.9 Å². The molecular weight excluding hydrogens is 470 g/mol. The molecule has 8 nitrogen and oxygen atoms in total. The van der Waals surface area contributed by atoms with Crippen LogP contribution in [0.1, 0.15) is 27.1 Å². The standard InChI is InChI=1S/C27H29N7OS/c1-35-13-10-29-26(18-31-28)22-7-6-21-8-12-33(19-23(21)16-22)27-30-17-25(36-27)15-20-4-2-5-24(14-20)34-11-3-9-32-34/h2-7,9,11,14,16-18,28-29H,8,10,12-13,15,19H2,1H3/b26-18-,31-28?. The fourth-order valence-electron chi connectivity index (χ4n) is 4.42. The molecule has 4 aromatic rings. The summed E-state index contributed by atoms with van der Waals surface area (Å²) >= 11 is 1.76. The number of thiazole rings is 1. The molecule has 0 bridgehead atoms. The molecule has 0 atom stereocenters. The fraction of sp³-hybridized carbons (Fsp3) is 0.259. The molecule has 0 unspecified atom stereocenters. The number of rotatable bonds is 10. The number of hydrogen-bond donors (Lipinski definition) is 2. The molecule has 2 aromatic carbocycles. The molecule has 0 spiro atoms. The van der Waals surface area contributed by atoms with Gasteiger partial charge in [-0.3, -0.25) is 0 Å². The number of methoxy groups -OCH3 is 1. The van der Waals surface area contributed by atoms with Crippen LogP contribution in [0.25, 0.3) is 11.4 Å². The van der Waals surface area contributed by atoms with E-state index in [1.54, 1.807) is 30.8 Å². The fourth-order valence-corrected chi connectivity index (χ4v) is 5.39. The predicted molar refractivity (Wildman–Crippen MR) is 143 cm³/mol. The molecule has 0 aliphatic carbocycles. The number of aromatic nitrogens is 3. The second-order valence-electron chi connectivity index (χ2n) is 8.65. The Bertz CT molecular complexity index is 1350. The molecule has 0 fully saturated rings. The van der Waals surface area contributed by atoms with Crippen molar-refractivity contribution in [3.05, 3.63) is 100 Å². The van der Waals surface area contributed by atoms with Crippen LogP contribution in [0.2, 0.25) is 0 Å². The van der Waals surface area contributed by atoms with Gasteiger partial charge in [-0.05, 0) is 52.9 Å². The van der Waals surface area contributed by atoms with E-state index in [1.165, 1.54) is 21.6 Å². The first-order chi connectivity index (χ1) is 17.7. The SMILES string of the molecule is COCCN/C(=C\N=N)c1ccc2c(c1)CN(c1ncc(Cc3cccc(-n4cccn4)c3)s1)CC2. The Labute approximate surface area is 214 Å². The third kappa shape index (κ3) is 5.53. The Kier molecular flexibility index (Phi) is 7.49. The van der Waals surface area contributed by atoms with E-state index in [-0.39, 0.29) is 0 Å². The van der Waals surface area contributed by atoms with Crippen molar-refractivity contribution in [3.8, 4) is 5.69 Å². The lowest BCUT2D eigenvalue weighted by Crippen LogP contribution is -2.30. The zero-order valence-corrected chi connectivity index (χ0v) is 21.0. The van der Waals surface area contributed by atoms with E-state index in [4.69, 9.17) is 15.3 Å². The Morgan fingerprint density at radius 2 is 2.17 bits per heavy atom. The van der Waals surface area contributed by atoms with Crippen LogP contribution in [0.3, 0.4) is 0 Å². The van der Waals surface area contributed by atoms with Gasteiger partial charge in [-0.25, -0.2) is 15.2 Å². The minimum atomic E-state index is 0.591. The van der Waals surface area contributed by atoms with Gasteiger partial charge in [0, 0.05) is 56.6 Å². The monoisotopic (exact) mass is 499 g/mol. The summed E-state index contributed by atoms with van der Waals surface area (Å²) in [6.45, 7) is 3.01. The highest BCUT2D eigenvalue weighted by molar-refractivity contribution is 7.15. The number of benzene rings is 2. The Hall–Kier alpha value is -3.82. The summed E-state index contributed by atoms with van der Waals surface area (Å²) in [6.07, 6.45) is 9.13. The average molecular weight is 500 g/mol. The van der Waals surface area contributed by atoms with Gasteiger partial charge in [-0.1, -0.05) is 24.3 Å². The normalized spacial score (nSPS) is 13.5. The second kappa shape index (κ2) is 11.3. The molecular formula is C27H29N7OS. The van der Waals surface area contributed by atoms with Gasteiger partial charge in [0.2, 0.25) is 0 Å². The molecule has 9 heteroatoms. The molecule has 0 radical (unpaired) electrons. The second-order valence-corrected chi connectivity index (χ2v) is 9.75. The molecule has 5 rings (SSSR count). The van der Waals surface area contributed by atoms with E-state index in [0.29, 0.717) is 13.2 Å². The van der Waals surface area contributed by atoms with E-state index in [9.17, 15) is 0 Å². The maximum Gasteiger partial charge on any atom is 0.185 e. The predicted octanol–water partition coefficient (Wildman–Crippen LogP) is 5.05. The lowest BCUT2D eigenvalue weighted by Gasteiger charge is -2.29. The highest BCUT2D eigenvalue weighted by Crippen LogP contribution is 2.30. The quantitative estimate of drug-likeness (QED) is 0.235. The van der Waals surface area contributed by atoms with Crippen molar-refractivity contribution in [2.45, 2.75) is 19.4 Å². The van der Waals surface area contributed by atoms with E-state index >= 15 is 0 Å². The molecule has 1 aliphatic heterocycles. The molecule has 1 aliphatic rings. The summed E-state index contributed by atoms with van der Waals surface area (Å²) in [5.74, 6) is 0. The number of fused-ring (bicyclic) bond motifs is 1. The largest absolute Gasteiger partial charge is 0.383 e. The number of ether oxygens (including phenoxy) is 1. The molecule has 2 N–H and O–H groups in total. The van der Waals surface area contributed by atoms with Gasteiger partial charge in [-0.15, -0.1) is 11.3 Å². The van der Waals surface area contributed by atoms with Crippen molar-refractivity contribution >= 4 is 22.2 Å². The van der Waals surface area contributed by atoms with Crippen molar-refractivity contribution in [2.24, 2.45) is 5.11 Å². The lowest BCUT2D eigenvalue weighted by molar-refractivity contribution is 0.203. The minimum Gasteiger partial charge on any atom is -0.383 e. The van der Waals surface area contributed by atoms with Crippen molar-refractivity contribution in [2.75, 3.05) is 31.7 Å². The van der Waals surface area contributed by atoms with Crippen LogP contribution in [0.4, 0.5) is 5.13 Å². The number of anilines is 1. The molecule has 3 heterocycles. The average Bonchev–Trinajstić information content (AvgIpc) is 3.61. The summed E-state index contributed by atoms with van der Waals surface area (Å²) in [4.78, 5) is 8.37. The van der Waals surface area contributed by atoms with Gasteiger partial charge < -0.3 is 15.0 Å². The Morgan fingerprint density at radius 3 is 3.00 bits per heavy atom. The highest BCUT2D eigenvalue weighted by atomic mass is 32.1. The summed E-state index contributed by atoms with van der Waals surface area (Å²) in [5.41, 5.74) is 14.1. The molecule has 184 valence electrons. The van der Waals surface area contributed by atoms with Crippen molar-refractivity contribution in [1.82, 2.24) is 20.1 Å². The Morgan fingerprint density at radius 1 is 1.22 bits per heavy atom. The number of hydrogen-bond acceptors (Lipinski definition) is 8. The van der Waals surface area contributed by atoms with Gasteiger partial charge >= 0.3 is 0 Å². The number of nitrogens with one attached hydrogen (secondary N) is 2. The smallest absolute Gasteiger partial charge is 0.185 e. The van der Waals surface area contributed by atoms with Crippen LogP contribution in [0.5, 0.6) is 0 Å². The maximum absolute atomic E-state index is 7.28. The van der Waals surface area contributed by atoms with E-state index in [1.807, 2.05) is 23.1 Å². The third-order valence-electron chi connectivity index (χ3n) is 6.21. The van der Waals surface area contributed by atoms with Crippen LogP contribution < -0.4 is 10.2 Å². The van der Waals surface area contributed by atoms with Crippen molar-refractivity contribution in [3.63, 3.8) is 0 Å². The molecule has 0 saturated heterocycles. The van der Waals surface area contributed by atoms with Gasteiger partial charge in [-0.2, -0.15) is 10.2 Å². The zero-order valence-electron chi connectivity index (χ0n) is 20.2. The van der Waals surface area contributed by atoms with E-state index in [0.717, 1.165) is 48.0 Å². The van der Waals surface area contributed by atoms with Crippen LogP contribution >= 0.6 is 11.3 Å². The summed E-state index contributed by atoms with van der Waals surface area (Å²) in [5, 5.41) is 12.2. The first-order valence-electron chi connectivity index (χ1n) is 11.9. The highest BCUT2D eigenvalue weighted by Gasteiger charge is 2.20. The lowest BCUT2D eigenvalue weighted by atomic mass is 9.96. The van der Waals surface area contributed by atoms with Crippen LogP contribution in [-0.4, -0.2) is 41.6 Å². The van der Waals surface area contributed by atoms with E-state index < -0.39 is 0 Å². The van der Waals surface area contributed by atoms with Crippen LogP contribution in [-0.2, 0) is 24.1 Å². The first kappa shape index (κ1) is 23.9. The first-order valence-corrected chi connectivity index (χ1v) is 12.8.